The molecule has 0 amide bonds. The number of rotatable bonds is 5. The van der Waals surface area contributed by atoms with Crippen molar-refractivity contribution in [3.63, 3.8) is 0 Å². The van der Waals surface area contributed by atoms with Gasteiger partial charge in [-0.1, -0.05) is 11.6 Å². The summed E-state index contributed by atoms with van der Waals surface area (Å²) >= 11 is 5.90. The number of furan rings is 1. The standard InChI is InChI=1S/C12H9ClN2O5/c13-10-5-7(15(18)19)4-9(12(16)17)11(10)14-6-8-2-1-3-20-8/h1-5,14H,6H2,(H,16,17). The van der Waals surface area contributed by atoms with E-state index in [0.717, 1.165) is 12.1 Å². The number of halogens is 1. The fraction of sp³-hybridized carbons (Fsp3) is 0.0833. The Balaban J connectivity index is 2.35. The highest BCUT2D eigenvalue weighted by Crippen LogP contribution is 2.31. The second-order valence-corrected chi connectivity index (χ2v) is 4.25. The number of carboxylic acids is 1. The zero-order valence-corrected chi connectivity index (χ0v) is 10.8. The van der Waals surface area contributed by atoms with Crippen LogP contribution in [0.4, 0.5) is 11.4 Å². The molecule has 0 unspecified atom stereocenters. The van der Waals surface area contributed by atoms with Crippen molar-refractivity contribution in [1.29, 1.82) is 0 Å². The van der Waals surface area contributed by atoms with E-state index in [1.54, 1.807) is 12.1 Å². The Hall–Kier alpha value is -2.54. The molecule has 0 atom stereocenters. The van der Waals surface area contributed by atoms with E-state index in [4.69, 9.17) is 21.1 Å². The first-order chi connectivity index (χ1) is 9.49. The quantitative estimate of drug-likeness (QED) is 0.648. The number of hydrogen-bond donors (Lipinski definition) is 2. The van der Waals surface area contributed by atoms with Crippen LogP contribution >= 0.6 is 11.6 Å². The summed E-state index contributed by atoms with van der Waals surface area (Å²) in [5.74, 6) is -0.728. The van der Waals surface area contributed by atoms with Crippen LogP contribution in [-0.2, 0) is 6.54 Å². The molecular weight excluding hydrogens is 288 g/mol. The van der Waals surface area contributed by atoms with Gasteiger partial charge in [-0.2, -0.15) is 0 Å². The number of anilines is 1. The molecule has 0 spiro atoms. The number of nitro groups is 1. The smallest absolute Gasteiger partial charge is 0.338 e. The molecule has 2 rings (SSSR count). The molecule has 0 aliphatic rings. The first kappa shape index (κ1) is 13.9. The lowest BCUT2D eigenvalue weighted by Crippen LogP contribution is -2.07. The molecular formula is C12H9ClN2O5. The van der Waals surface area contributed by atoms with E-state index in [9.17, 15) is 14.9 Å². The minimum Gasteiger partial charge on any atom is -0.478 e. The zero-order valence-electron chi connectivity index (χ0n) is 10.00. The van der Waals surface area contributed by atoms with Gasteiger partial charge in [-0.15, -0.1) is 0 Å². The fourth-order valence-corrected chi connectivity index (χ4v) is 1.92. The van der Waals surface area contributed by atoms with Gasteiger partial charge in [-0.25, -0.2) is 4.79 Å². The number of benzene rings is 1. The number of aromatic carboxylic acids is 1. The van der Waals surface area contributed by atoms with Crippen LogP contribution < -0.4 is 5.32 Å². The van der Waals surface area contributed by atoms with Crippen molar-refractivity contribution in [2.45, 2.75) is 6.54 Å². The Morgan fingerprint density at radius 1 is 1.50 bits per heavy atom. The van der Waals surface area contributed by atoms with Crippen molar-refractivity contribution in [1.82, 2.24) is 0 Å². The Bertz CT molecular complexity index is 654. The highest BCUT2D eigenvalue weighted by atomic mass is 35.5. The molecule has 8 heteroatoms. The molecule has 104 valence electrons. The van der Waals surface area contributed by atoms with E-state index in [1.807, 2.05) is 0 Å². The van der Waals surface area contributed by atoms with Gasteiger partial charge >= 0.3 is 5.97 Å². The maximum atomic E-state index is 11.2. The molecule has 0 bridgehead atoms. The Labute approximate surface area is 117 Å². The van der Waals surface area contributed by atoms with Crippen LogP contribution in [0.15, 0.2) is 34.9 Å². The molecule has 1 aromatic carbocycles. The van der Waals surface area contributed by atoms with E-state index in [0.29, 0.717) is 5.76 Å². The third-order valence-electron chi connectivity index (χ3n) is 2.54. The van der Waals surface area contributed by atoms with Gasteiger partial charge in [0.15, 0.2) is 0 Å². The number of non-ortho nitro benzene ring substituents is 1. The van der Waals surface area contributed by atoms with Gasteiger partial charge in [0, 0.05) is 12.1 Å². The molecule has 0 aliphatic heterocycles. The molecule has 20 heavy (non-hydrogen) atoms. The summed E-state index contributed by atoms with van der Waals surface area (Å²) < 4.78 is 5.10. The van der Waals surface area contributed by atoms with E-state index in [1.165, 1.54) is 6.26 Å². The Morgan fingerprint density at radius 2 is 2.25 bits per heavy atom. The minimum atomic E-state index is -1.31. The summed E-state index contributed by atoms with van der Waals surface area (Å²) in [5.41, 5.74) is -0.534. The van der Waals surface area contributed by atoms with Crippen LogP contribution in [0.5, 0.6) is 0 Å². The fourth-order valence-electron chi connectivity index (χ4n) is 1.63. The first-order valence-electron chi connectivity index (χ1n) is 5.46. The molecule has 7 nitrogen and oxygen atoms in total. The van der Waals surface area contributed by atoms with Crippen molar-refractivity contribution < 1.29 is 19.2 Å². The van der Waals surface area contributed by atoms with Gasteiger partial charge in [0.2, 0.25) is 0 Å². The third-order valence-corrected chi connectivity index (χ3v) is 2.83. The summed E-state index contributed by atoms with van der Waals surface area (Å²) in [6.07, 6.45) is 1.48. The van der Waals surface area contributed by atoms with Gasteiger partial charge in [0.1, 0.15) is 5.76 Å². The predicted octanol–water partition coefficient (Wildman–Crippen LogP) is 3.15. The second kappa shape index (κ2) is 5.62. The molecule has 1 heterocycles. The maximum Gasteiger partial charge on any atom is 0.338 e. The predicted molar refractivity (Wildman–Crippen MR) is 71.1 cm³/mol. The van der Waals surface area contributed by atoms with Gasteiger partial charge in [-0.3, -0.25) is 10.1 Å². The molecule has 0 radical (unpaired) electrons. The van der Waals surface area contributed by atoms with Crippen molar-refractivity contribution in [3.05, 3.63) is 57.0 Å². The van der Waals surface area contributed by atoms with Gasteiger partial charge in [-0.05, 0) is 12.1 Å². The average Bonchev–Trinajstić information content (AvgIpc) is 2.89. The van der Waals surface area contributed by atoms with Crippen LogP contribution in [-0.4, -0.2) is 16.0 Å². The number of nitro benzene ring substituents is 1. The molecule has 0 saturated carbocycles. The van der Waals surface area contributed by atoms with Crippen molar-refractivity contribution in [2.75, 3.05) is 5.32 Å². The normalized spacial score (nSPS) is 10.2. The molecule has 0 fully saturated rings. The largest absolute Gasteiger partial charge is 0.478 e. The molecule has 2 N–H and O–H groups in total. The lowest BCUT2D eigenvalue weighted by molar-refractivity contribution is -0.384. The summed E-state index contributed by atoms with van der Waals surface area (Å²) in [4.78, 5) is 21.2. The molecule has 1 aromatic heterocycles. The number of nitrogens with zero attached hydrogens (tertiary/aromatic N) is 1. The van der Waals surface area contributed by atoms with Crippen molar-refractivity contribution in [2.24, 2.45) is 0 Å². The SMILES string of the molecule is O=C(O)c1cc([N+](=O)[O-])cc(Cl)c1NCc1ccco1. The van der Waals surface area contributed by atoms with Crippen LogP contribution in [0, 0.1) is 10.1 Å². The van der Waals surface area contributed by atoms with E-state index in [2.05, 4.69) is 5.32 Å². The zero-order chi connectivity index (χ0) is 14.7. The Kier molecular flexibility index (Phi) is 3.90. The van der Waals surface area contributed by atoms with Crippen molar-refractivity contribution >= 4 is 28.9 Å². The van der Waals surface area contributed by atoms with E-state index < -0.39 is 10.9 Å². The van der Waals surface area contributed by atoms with Gasteiger partial charge in [0.05, 0.1) is 34.0 Å². The van der Waals surface area contributed by atoms with Crippen LogP contribution in [0.3, 0.4) is 0 Å². The average molecular weight is 297 g/mol. The first-order valence-corrected chi connectivity index (χ1v) is 5.84. The highest BCUT2D eigenvalue weighted by Gasteiger charge is 2.20. The van der Waals surface area contributed by atoms with Crippen LogP contribution in [0.1, 0.15) is 16.1 Å². The minimum absolute atomic E-state index is 0.0387. The topological polar surface area (TPSA) is 106 Å². The number of carboxylic acid groups (broad SMARTS) is 1. The molecule has 0 saturated heterocycles. The molecule has 0 aliphatic carbocycles. The lowest BCUT2D eigenvalue weighted by Gasteiger charge is -2.10. The van der Waals surface area contributed by atoms with Crippen LogP contribution in [0.2, 0.25) is 5.02 Å². The van der Waals surface area contributed by atoms with E-state index in [-0.39, 0.29) is 28.5 Å². The monoisotopic (exact) mass is 296 g/mol. The lowest BCUT2D eigenvalue weighted by atomic mass is 10.1. The summed E-state index contributed by atoms with van der Waals surface area (Å²) in [6.45, 7) is 0.213. The Morgan fingerprint density at radius 3 is 2.80 bits per heavy atom. The number of nitrogens with one attached hydrogen (secondary N) is 1. The van der Waals surface area contributed by atoms with Crippen molar-refractivity contribution in [3.8, 4) is 0 Å². The second-order valence-electron chi connectivity index (χ2n) is 3.85. The summed E-state index contributed by atoms with van der Waals surface area (Å²) in [6, 6.07) is 5.44. The van der Waals surface area contributed by atoms with Gasteiger partial charge in [0.25, 0.3) is 5.69 Å². The highest BCUT2D eigenvalue weighted by molar-refractivity contribution is 6.34. The number of carbonyl (C=O) groups is 1. The summed E-state index contributed by atoms with van der Waals surface area (Å²) in [7, 11) is 0. The molecule has 2 aromatic rings. The van der Waals surface area contributed by atoms with Gasteiger partial charge < -0.3 is 14.8 Å². The number of hydrogen-bond acceptors (Lipinski definition) is 5. The van der Waals surface area contributed by atoms with E-state index >= 15 is 0 Å². The maximum absolute atomic E-state index is 11.2. The summed E-state index contributed by atoms with van der Waals surface area (Å²) in [5, 5.41) is 22.6. The third kappa shape index (κ3) is 2.89. The van der Waals surface area contributed by atoms with Crippen LogP contribution in [0.25, 0.3) is 0 Å².